The first-order chi connectivity index (χ1) is 14.1. The zero-order valence-corrected chi connectivity index (χ0v) is 16.4. The molecule has 0 saturated carbocycles. The molecule has 0 unspecified atom stereocenters. The molecule has 4 rings (SSSR count). The van der Waals surface area contributed by atoms with Gasteiger partial charge in [-0.05, 0) is 43.2 Å². The maximum Gasteiger partial charge on any atom is 0.257 e. The van der Waals surface area contributed by atoms with E-state index in [1.54, 1.807) is 36.4 Å². The number of aromatic nitrogens is 2. The van der Waals surface area contributed by atoms with E-state index in [4.69, 9.17) is 4.42 Å². The Balaban J connectivity index is 1.61. The third kappa shape index (κ3) is 4.06. The van der Waals surface area contributed by atoms with E-state index in [2.05, 4.69) is 15.5 Å². The number of hydrogen-bond donors (Lipinski definition) is 1. The van der Waals surface area contributed by atoms with E-state index in [-0.39, 0.29) is 10.5 Å². The molecule has 8 nitrogen and oxygen atoms in total. The monoisotopic (exact) mass is 412 g/mol. The van der Waals surface area contributed by atoms with Gasteiger partial charge in [-0.1, -0.05) is 24.6 Å². The van der Waals surface area contributed by atoms with Gasteiger partial charge in [0.05, 0.1) is 10.5 Å². The first-order valence-corrected chi connectivity index (χ1v) is 10.8. The highest BCUT2D eigenvalue weighted by molar-refractivity contribution is 7.89. The molecule has 0 bridgehead atoms. The number of nitrogens with one attached hydrogen (secondary N) is 1. The molecular formula is C20H20N4O4S. The number of benzene rings is 2. The average molecular weight is 412 g/mol. The molecule has 2 heterocycles. The van der Waals surface area contributed by atoms with Crippen molar-refractivity contribution in [3.63, 3.8) is 0 Å². The van der Waals surface area contributed by atoms with Crippen LogP contribution in [0.3, 0.4) is 0 Å². The predicted molar refractivity (Wildman–Crippen MR) is 107 cm³/mol. The van der Waals surface area contributed by atoms with Gasteiger partial charge in [0.1, 0.15) is 0 Å². The van der Waals surface area contributed by atoms with Crippen LogP contribution in [-0.2, 0) is 10.0 Å². The van der Waals surface area contributed by atoms with E-state index in [0.29, 0.717) is 30.2 Å². The summed E-state index contributed by atoms with van der Waals surface area (Å²) >= 11 is 0. The first-order valence-electron chi connectivity index (χ1n) is 9.33. The second kappa shape index (κ2) is 8.14. The summed E-state index contributed by atoms with van der Waals surface area (Å²) in [6, 6.07) is 13.2. The molecule has 1 aliphatic heterocycles. The van der Waals surface area contributed by atoms with Crippen molar-refractivity contribution in [2.75, 3.05) is 18.4 Å². The third-order valence-corrected chi connectivity index (χ3v) is 6.75. The predicted octanol–water partition coefficient (Wildman–Crippen LogP) is 3.16. The molecule has 9 heteroatoms. The van der Waals surface area contributed by atoms with Crippen LogP contribution in [0.15, 0.2) is 64.2 Å². The van der Waals surface area contributed by atoms with Crippen LogP contribution in [0.5, 0.6) is 0 Å². The number of nitrogens with zero attached hydrogens (tertiary/aromatic N) is 3. The van der Waals surface area contributed by atoms with Gasteiger partial charge in [0.2, 0.25) is 22.3 Å². The van der Waals surface area contributed by atoms with E-state index in [9.17, 15) is 13.2 Å². The van der Waals surface area contributed by atoms with Gasteiger partial charge in [0.15, 0.2) is 0 Å². The molecule has 0 radical (unpaired) electrons. The fourth-order valence-corrected chi connectivity index (χ4v) is 5.06. The van der Waals surface area contributed by atoms with E-state index in [0.717, 1.165) is 19.3 Å². The van der Waals surface area contributed by atoms with Crippen LogP contribution in [0.25, 0.3) is 11.5 Å². The minimum atomic E-state index is -3.73. The second-order valence-corrected chi connectivity index (χ2v) is 8.65. The normalized spacial score (nSPS) is 15.2. The maximum atomic E-state index is 13.1. The molecule has 1 saturated heterocycles. The van der Waals surface area contributed by atoms with Crippen molar-refractivity contribution < 1.29 is 17.6 Å². The summed E-state index contributed by atoms with van der Waals surface area (Å²) in [5.74, 6) is -0.168. The van der Waals surface area contributed by atoms with Crippen LogP contribution >= 0.6 is 0 Å². The lowest BCUT2D eigenvalue weighted by Crippen LogP contribution is -2.36. The summed E-state index contributed by atoms with van der Waals surface area (Å²) in [6.07, 6.45) is 3.90. The van der Waals surface area contributed by atoms with Gasteiger partial charge >= 0.3 is 0 Å². The topological polar surface area (TPSA) is 105 Å². The molecule has 2 aromatic carbocycles. The lowest BCUT2D eigenvalue weighted by atomic mass is 10.1. The van der Waals surface area contributed by atoms with Crippen molar-refractivity contribution in [3.8, 4) is 11.5 Å². The van der Waals surface area contributed by atoms with Crippen LogP contribution in [0.1, 0.15) is 29.6 Å². The van der Waals surface area contributed by atoms with Crippen molar-refractivity contribution in [3.05, 3.63) is 60.5 Å². The van der Waals surface area contributed by atoms with Gasteiger partial charge in [0, 0.05) is 24.3 Å². The average Bonchev–Trinajstić information content (AvgIpc) is 3.30. The van der Waals surface area contributed by atoms with Crippen molar-refractivity contribution in [1.29, 1.82) is 0 Å². The Hall–Kier alpha value is -3.04. The van der Waals surface area contributed by atoms with E-state index in [1.807, 2.05) is 0 Å². The van der Waals surface area contributed by atoms with Gasteiger partial charge in [0.25, 0.3) is 5.91 Å². The maximum absolute atomic E-state index is 13.1. The van der Waals surface area contributed by atoms with Crippen LogP contribution < -0.4 is 5.32 Å². The molecular weight excluding hydrogens is 392 g/mol. The Labute approximate surface area is 168 Å². The Kier molecular flexibility index (Phi) is 5.41. The van der Waals surface area contributed by atoms with Crippen LogP contribution in [0.2, 0.25) is 0 Å². The quantitative estimate of drug-likeness (QED) is 0.690. The highest BCUT2D eigenvalue weighted by Crippen LogP contribution is 2.25. The van der Waals surface area contributed by atoms with Gasteiger partial charge in [-0.15, -0.1) is 10.2 Å². The number of anilines is 1. The summed E-state index contributed by atoms with van der Waals surface area (Å²) in [5.41, 5.74) is 1.26. The number of hydrogen-bond acceptors (Lipinski definition) is 6. The molecule has 0 aliphatic carbocycles. The van der Waals surface area contributed by atoms with Crippen LogP contribution in [-0.4, -0.2) is 41.9 Å². The van der Waals surface area contributed by atoms with Crippen molar-refractivity contribution in [1.82, 2.24) is 14.5 Å². The van der Waals surface area contributed by atoms with Gasteiger partial charge in [-0.25, -0.2) is 8.42 Å². The minimum absolute atomic E-state index is 0.0208. The van der Waals surface area contributed by atoms with Crippen molar-refractivity contribution >= 4 is 21.6 Å². The van der Waals surface area contributed by atoms with E-state index in [1.165, 1.54) is 22.8 Å². The third-order valence-electron chi connectivity index (χ3n) is 4.79. The standard InChI is InChI=1S/C20H20N4O4S/c25-19(22-16-8-6-7-15(13-16)20-23-21-14-28-20)17-9-2-3-10-18(17)29(26,27)24-11-4-1-5-12-24/h2-3,6-10,13-14H,1,4-5,11-12H2,(H,22,25). The summed E-state index contributed by atoms with van der Waals surface area (Å²) in [7, 11) is -3.73. The highest BCUT2D eigenvalue weighted by Gasteiger charge is 2.29. The molecule has 29 heavy (non-hydrogen) atoms. The molecule has 150 valence electrons. The largest absolute Gasteiger partial charge is 0.423 e. The number of piperidine rings is 1. The zero-order chi connectivity index (χ0) is 20.3. The smallest absolute Gasteiger partial charge is 0.257 e. The van der Waals surface area contributed by atoms with Gasteiger partial charge in [-0.2, -0.15) is 4.31 Å². The summed E-state index contributed by atoms with van der Waals surface area (Å²) < 4.78 is 32.8. The number of amides is 1. The number of sulfonamides is 1. The summed E-state index contributed by atoms with van der Waals surface area (Å²) in [6.45, 7) is 0.953. The lowest BCUT2D eigenvalue weighted by Gasteiger charge is -2.26. The minimum Gasteiger partial charge on any atom is -0.423 e. The molecule has 0 atom stereocenters. The van der Waals surface area contributed by atoms with Crippen LogP contribution in [0, 0.1) is 0 Å². The molecule has 3 aromatic rings. The molecule has 1 fully saturated rings. The molecule has 1 aromatic heterocycles. The van der Waals surface area contributed by atoms with Gasteiger partial charge < -0.3 is 9.73 Å². The Morgan fingerprint density at radius 3 is 2.59 bits per heavy atom. The molecule has 1 amide bonds. The van der Waals surface area contributed by atoms with E-state index >= 15 is 0 Å². The Morgan fingerprint density at radius 2 is 1.83 bits per heavy atom. The molecule has 1 aliphatic rings. The molecule has 1 N–H and O–H groups in total. The first kappa shape index (κ1) is 19.3. The van der Waals surface area contributed by atoms with E-state index < -0.39 is 15.9 Å². The van der Waals surface area contributed by atoms with Crippen LogP contribution in [0.4, 0.5) is 5.69 Å². The van der Waals surface area contributed by atoms with Crippen molar-refractivity contribution in [2.24, 2.45) is 0 Å². The Bertz CT molecular complexity index is 1110. The summed E-state index contributed by atoms with van der Waals surface area (Å²) in [4.78, 5) is 12.9. The second-order valence-electron chi connectivity index (χ2n) is 6.74. The number of carbonyl (C=O) groups is 1. The summed E-state index contributed by atoms with van der Waals surface area (Å²) in [5, 5.41) is 10.3. The Morgan fingerprint density at radius 1 is 1.03 bits per heavy atom. The fourth-order valence-electron chi connectivity index (χ4n) is 3.35. The van der Waals surface area contributed by atoms with Gasteiger partial charge in [-0.3, -0.25) is 4.79 Å². The number of rotatable bonds is 5. The zero-order valence-electron chi connectivity index (χ0n) is 15.6. The number of carbonyl (C=O) groups excluding carboxylic acids is 1. The fraction of sp³-hybridized carbons (Fsp3) is 0.250. The van der Waals surface area contributed by atoms with Crippen molar-refractivity contribution in [2.45, 2.75) is 24.2 Å². The SMILES string of the molecule is O=C(Nc1cccc(-c2nnco2)c1)c1ccccc1S(=O)(=O)N1CCCCC1. The molecule has 0 spiro atoms. The lowest BCUT2D eigenvalue weighted by molar-refractivity contribution is 0.102. The highest BCUT2D eigenvalue weighted by atomic mass is 32.2.